The maximum Gasteiger partial charge on any atom is 0.122 e. The molecule has 3 atom stereocenters. The molecular formula is C23H35N3O4. The van der Waals surface area contributed by atoms with Crippen LogP contribution in [0.3, 0.4) is 0 Å². The summed E-state index contributed by atoms with van der Waals surface area (Å²) in [4.78, 5) is 2.28. The predicted octanol–water partition coefficient (Wildman–Crippen LogP) is 2.42. The highest BCUT2D eigenvalue weighted by atomic mass is 16.5. The zero-order chi connectivity index (χ0) is 21.5. The molecule has 0 bridgehead atoms. The topological polar surface area (TPSA) is 80.0 Å². The number of methoxy groups -OCH3 is 1. The molecular weight excluding hydrogens is 382 g/mol. The third-order valence-electron chi connectivity index (χ3n) is 5.70. The number of aliphatic hydroxyl groups is 2. The highest BCUT2D eigenvalue weighted by Gasteiger charge is 2.29. The van der Waals surface area contributed by atoms with Gasteiger partial charge in [-0.05, 0) is 57.4 Å². The lowest BCUT2D eigenvalue weighted by Gasteiger charge is -2.31. The van der Waals surface area contributed by atoms with Crippen molar-refractivity contribution in [3.05, 3.63) is 47.8 Å². The minimum Gasteiger partial charge on any atom is -0.491 e. The Bertz CT molecular complexity index is 779. The molecule has 2 heterocycles. The number of aliphatic hydroxyl groups excluding tert-OH is 2. The van der Waals surface area contributed by atoms with Crippen LogP contribution in [0.4, 0.5) is 0 Å². The van der Waals surface area contributed by atoms with Crippen LogP contribution in [0.2, 0.25) is 0 Å². The van der Waals surface area contributed by atoms with Crippen molar-refractivity contribution < 1.29 is 19.7 Å². The Kier molecular flexibility index (Phi) is 8.27. The second-order valence-corrected chi connectivity index (χ2v) is 8.30. The molecule has 0 fully saturated rings. The fourth-order valence-corrected chi connectivity index (χ4v) is 4.00. The van der Waals surface area contributed by atoms with E-state index in [1.54, 1.807) is 7.11 Å². The second kappa shape index (κ2) is 10.9. The molecule has 7 heteroatoms. The number of aromatic nitrogens is 2. The van der Waals surface area contributed by atoms with Crippen molar-refractivity contribution in [3.8, 4) is 5.75 Å². The number of rotatable bonds is 4. The molecule has 7 nitrogen and oxygen atoms in total. The Hall–Kier alpha value is -1.93. The SMILES string of the molecule is CO[C@H]1CN(Cc2ccnn2C(C)C)CCCCc2ccccc2OC[C@@H](O)[C@H]1O. The van der Waals surface area contributed by atoms with E-state index in [-0.39, 0.29) is 12.6 Å². The standard InChI is InChI=1S/C23H35N3O4/c1-17(2)26-19(11-12-24-26)14-25-13-7-6-9-18-8-4-5-10-21(18)30-16-20(27)23(28)22(15-25)29-3/h4-5,8,10-12,17,20,22-23,27-28H,6-7,9,13-16H2,1-3H3/t20-,22+,23-/m1/s1. The number of para-hydroxylation sites is 1. The van der Waals surface area contributed by atoms with E-state index >= 15 is 0 Å². The van der Waals surface area contributed by atoms with Gasteiger partial charge < -0.3 is 19.7 Å². The van der Waals surface area contributed by atoms with Gasteiger partial charge in [-0.3, -0.25) is 9.58 Å². The fraction of sp³-hybridized carbons (Fsp3) is 0.609. The van der Waals surface area contributed by atoms with E-state index < -0.39 is 18.3 Å². The molecule has 2 aromatic rings. The van der Waals surface area contributed by atoms with E-state index in [0.717, 1.165) is 42.8 Å². The summed E-state index contributed by atoms with van der Waals surface area (Å²) in [5.74, 6) is 0.773. The van der Waals surface area contributed by atoms with Gasteiger partial charge in [-0.25, -0.2) is 0 Å². The molecule has 1 aliphatic rings. The van der Waals surface area contributed by atoms with Crippen molar-refractivity contribution in [2.75, 3.05) is 26.8 Å². The third kappa shape index (κ3) is 5.82. The normalized spacial score (nSPS) is 24.4. The van der Waals surface area contributed by atoms with Gasteiger partial charge in [0.05, 0.1) is 11.8 Å². The molecule has 0 saturated heterocycles. The number of benzene rings is 1. The van der Waals surface area contributed by atoms with Gasteiger partial charge in [-0.15, -0.1) is 0 Å². The Morgan fingerprint density at radius 1 is 1.20 bits per heavy atom. The number of fused-ring (bicyclic) bond motifs is 1. The highest BCUT2D eigenvalue weighted by Crippen LogP contribution is 2.22. The first-order chi connectivity index (χ1) is 14.5. The molecule has 3 rings (SSSR count). The Morgan fingerprint density at radius 3 is 2.77 bits per heavy atom. The van der Waals surface area contributed by atoms with E-state index in [9.17, 15) is 10.2 Å². The van der Waals surface area contributed by atoms with Crippen molar-refractivity contribution in [1.82, 2.24) is 14.7 Å². The van der Waals surface area contributed by atoms with Gasteiger partial charge in [-0.1, -0.05) is 18.2 Å². The minimum atomic E-state index is -1.04. The number of hydrogen-bond acceptors (Lipinski definition) is 6. The van der Waals surface area contributed by atoms with E-state index in [0.29, 0.717) is 13.1 Å². The number of ether oxygens (including phenoxy) is 2. The van der Waals surface area contributed by atoms with Crippen LogP contribution in [-0.2, 0) is 17.7 Å². The van der Waals surface area contributed by atoms with Gasteiger partial charge in [0, 0.05) is 32.4 Å². The maximum atomic E-state index is 10.7. The van der Waals surface area contributed by atoms with Crippen LogP contribution < -0.4 is 4.74 Å². The molecule has 1 aromatic carbocycles. The number of nitrogens with zero attached hydrogens (tertiary/aromatic N) is 3. The molecule has 0 spiro atoms. The maximum absolute atomic E-state index is 10.7. The molecule has 30 heavy (non-hydrogen) atoms. The van der Waals surface area contributed by atoms with Crippen LogP contribution in [0, 0.1) is 0 Å². The van der Waals surface area contributed by atoms with Crippen LogP contribution in [-0.4, -0.2) is 70.0 Å². The Balaban J connectivity index is 1.79. The first-order valence-electron chi connectivity index (χ1n) is 10.8. The van der Waals surface area contributed by atoms with Crippen molar-refractivity contribution in [2.24, 2.45) is 0 Å². The second-order valence-electron chi connectivity index (χ2n) is 8.30. The quantitative estimate of drug-likeness (QED) is 0.795. The molecule has 0 radical (unpaired) electrons. The summed E-state index contributed by atoms with van der Waals surface area (Å²) in [6.45, 7) is 6.36. The van der Waals surface area contributed by atoms with E-state index in [4.69, 9.17) is 9.47 Å². The molecule has 2 N–H and O–H groups in total. The third-order valence-corrected chi connectivity index (χ3v) is 5.70. The molecule has 0 unspecified atom stereocenters. The lowest BCUT2D eigenvalue weighted by Crippen LogP contribution is -2.47. The van der Waals surface area contributed by atoms with Crippen molar-refractivity contribution in [2.45, 2.75) is 64.0 Å². The number of hydrogen-bond donors (Lipinski definition) is 2. The van der Waals surface area contributed by atoms with Gasteiger partial charge in [0.25, 0.3) is 0 Å². The average molecular weight is 418 g/mol. The van der Waals surface area contributed by atoms with Crippen molar-refractivity contribution in [3.63, 3.8) is 0 Å². The highest BCUT2D eigenvalue weighted by molar-refractivity contribution is 5.33. The summed E-state index contributed by atoms with van der Waals surface area (Å²) in [5, 5.41) is 25.7. The number of aryl methyl sites for hydroxylation is 1. The largest absolute Gasteiger partial charge is 0.491 e. The van der Waals surface area contributed by atoms with Crippen molar-refractivity contribution >= 4 is 0 Å². The first-order valence-corrected chi connectivity index (χ1v) is 10.8. The van der Waals surface area contributed by atoms with Crippen LogP contribution in [0.25, 0.3) is 0 Å². The average Bonchev–Trinajstić information content (AvgIpc) is 3.21. The molecule has 166 valence electrons. The van der Waals surface area contributed by atoms with Crippen LogP contribution >= 0.6 is 0 Å². The monoisotopic (exact) mass is 417 g/mol. The van der Waals surface area contributed by atoms with E-state index in [2.05, 4.69) is 29.9 Å². The Labute approximate surface area is 179 Å². The van der Waals surface area contributed by atoms with Crippen LogP contribution in [0.5, 0.6) is 5.75 Å². The summed E-state index contributed by atoms with van der Waals surface area (Å²) >= 11 is 0. The summed E-state index contributed by atoms with van der Waals surface area (Å²) < 4.78 is 13.4. The molecule has 0 aliphatic carbocycles. The zero-order valence-corrected chi connectivity index (χ0v) is 18.3. The van der Waals surface area contributed by atoms with Gasteiger partial charge >= 0.3 is 0 Å². The molecule has 0 amide bonds. The van der Waals surface area contributed by atoms with E-state index in [1.165, 1.54) is 0 Å². The fourth-order valence-electron chi connectivity index (χ4n) is 4.00. The molecule has 1 aromatic heterocycles. The Morgan fingerprint density at radius 2 is 2.00 bits per heavy atom. The smallest absolute Gasteiger partial charge is 0.122 e. The van der Waals surface area contributed by atoms with Gasteiger partial charge in [-0.2, -0.15) is 5.10 Å². The zero-order valence-electron chi connectivity index (χ0n) is 18.3. The first kappa shape index (κ1) is 22.7. The van der Waals surface area contributed by atoms with Crippen LogP contribution in [0.15, 0.2) is 36.5 Å². The van der Waals surface area contributed by atoms with Crippen LogP contribution in [0.1, 0.15) is 44.0 Å². The van der Waals surface area contributed by atoms with Crippen molar-refractivity contribution in [1.29, 1.82) is 0 Å². The molecule has 1 aliphatic heterocycles. The molecule has 0 saturated carbocycles. The minimum absolute atomic E-state index is 0.0260. The summed E-state index contributed by atoms with van der Waals surface area (Å²) in [7, 11) is 1.57. The summed E-state index contributed by atoms with van der Waals surface area (Å²) in [6, 6.07) is 10.2. The lowest BCUT2D eigenvalue weighted by molar-refractivity contribution is -0.0956. The van der Waals surface area contributed by atoms with E-state index in [1.807, 2.05) is 35.1 Å². The van der Waals surface area contributed by atoms with Gasteiger partial charge in [0.2, 0.25) is 0 Å². The van der Waals surface area contributed by atoms with Gasteiger partial charge in [0.1, 0.15) is 24.6 Å². The lowest BCUT2D eigenvalue weighted by atomic mass is 10.1. The summed E-state index contributed by atoms with van der Waals surface area (Å²) in [6.07, 6.45) is 2.20. The predicted molar refractivity (Wildman–Crippen MR) is 116 cm³/mol. The van der Waals surface area contributed by atoms with Gasteiger partial charge in [0.15, 0.2) is 0 Å². The summed E-state index contributed by atoms with van der Waals surface area (Å²) in [5.41, 5.74) is 2.26.